The van der Waals surface area contributed by atoms with Gasteiger partial charge in [0.05, 0.1) is 10.6 Å². The van der Waals surface area contributed by atoms with Gasteiger partial charge in [-0.05, 0) is 31.0 Å². The van der Waals surface area contributed by atoms with Crippen molar-refractivity contribution in [1.29, 1.82) is 0 Å². The van der Waals surface area contributed by atoms with Gasteiger partial charge in [-0.25, -0.2) is 8.42 Å². The van der Waals surface area contributed by atoms with Gasteiger partial charge in [0, 0.05) is 32.2 Å². The van der Waals surface area contributed by atoms with Gasteiger partial charge in [-0.15, -0.1) is 0 Å². The largest absolute Gasteiger partial charge is 0.482 e. The van der Waals surface area contributed by atoms with Gasteiger partial charge in [-0.2, -0.15) is 4.31 Å². The lowest BCUT2D eigenvalue weighted by Gasteiger charge is -2.40. The second kappa shape index (κ2) is 7.17. The third kappa shape index (κ3) is 3.45. The van der Waals surface area contributed by atoms with Crippen LogP contribution in [0.15, 0.2) is 23.1 Å². The van der Waals surface area contributed by atoms with E-state index in [1.54, 1.807) is 16.4 Å². The highest BCUT2D eigenvalue weighted by molar-refractivity contribution is 7.89. The van der Waals surface area contributed by atoms with Crippen LogP contribution in [0.2, 0.25) is 0 Å². The van der Waals surface area contributed by atoms with Crippen molar-refractivity contribution >= 4 is 21.6 Å². The first-order valence-corrected chi connectivity index (χ1v) is 10.8. The molecule has 8 heteroatoms. The molecule has 0 radical (unpaired) electrons. The van der Waals surface area contributed by atoms with Crippen LogP contribution in [0, 0.1) is 0 Å². The minimum Gasteiger partial charge on any atom is -0.482 e. The molecule has 2 heterocycles. The molecule has 7 nitrogen and oxygen atoms in total. The second-order valence-electron chi connectivity index (χ2n) is 7.23. The Balaban J connectivity index is 1.46. The number of sulfonamides is 1. The predicted octanol–water partition coefficient (Wildman–Crippen LogP) is 1.66. The van der Waals surface area contributed by atoms with E-state index in [2.05, 4.69) is 10.2 Å². The van der Waals surface area contributed by atoms with Gasteiger partial charge in [0.15, 0.2) is 6.61 Å². The van der Waals surface area contributed by atoms with Crippen LogP contribution in [-0.4, -0.2) is 62.4 Å². The summed E-state index contributed by atoms with van der Waals surface area (Å²) >= 11 is 0. The summed E-state index contributed by atoms with van der Waals surface area (Å²) in [6.07, 6.45) is 6.36. The van der Waals surface area contributed by atoms with Gasteiger partial charge in [-0.3, -0.25) is 9.69 Å². The summed E-state index contributed by atoms with van der Waals surface area (Å²) in [7, 11) is -3.57. The summed E-state index contributed by atoms with van der Waals surface area (Å²) in [5, 5.41) is 2.67. The third-order valence-electron chi connectivity index (χ3n) is 5.59. The van der Waals surface area contributed by atoms with E-state index in [1.807, 2.05) is 0 Å². The lowest BCUT2D eigenvalue weighted by atomic mass is 9.94. The average molecular weight is 379 g/mol. The normalized spacial score (nSPS) is 23.2. The molecule has 1 saturated carbocycles. The number of rotatable bonds is 3. The smallest absolute Gasteiger partial charge is 0.262 e. The fourth-order valence-corrected chi connectivity index (χ4v) is 5.58. The molecule has 0 unspecified atom stereocenters. The van der Waals surface area contributed by atoms with Gasteiger partial charge >= 0.3 is 0 Å². The number of nitrogens with zero attached hydrogens (tertiary/aromatic N) is 2. The molecule has 26 heavy (non-hydrogen) atoms. The summed E-state index contributed by atoms with van der Waals surface area (Å²) < 4.78 is 32.8. The molecule has 0 bridgehead atoms. The maximum Gasteiger partial charge on any atom is 0.262 e. The van der Waals surface area contributed by atoms with Crippen molar-refractivity contribution < 1.29 is 17.9 Å². The minimum absolute atomic E-state index is 0.0395. The van der Waals surface area contributed by atoms with E-state index < -0.39 is 10.0 Å². The van der Waals surface area contributed by atoms with E-state index in [4.69, 9.17) is 4.74 Å². The van der Waals surface area contributed by atoms with Gasteiger partial charge < -0.3 is 10.1 Å². The van der Waals surface area contributed by atoms with Crippen LogP contribution in [0.1, 0.15) is 32.1 Å². The fourth-order valence-electron chi connectivity index (χ4n) is 4.13. The van der Waals surface area contributed by atoms with Crippen LogP contribution >= 0.6 is 0 Å². The molecule has 1 aromatic rings. The van der Waals surface area contributed by atoms with E-state index in [-0.39, 0.29) is 17.4 Å². The molecule has 1 saturated heterocycles. The first-order chi connectivity index (χ1) is 12.5. The number of anilines is 1. The number of ether oxygens (including phenoxy) is 1. The monoisotopic (exact) mass is 379 g/mol. The van der Waals surface area contributed by atoms with Crippen LogP contribution in [0.3, 0.4) is 0 Å². The number of amides is 1. The third-order valence-corrected chi connectivity index (χ3v) is 7.48. The molecule has 0 atom stereocenters. The number of benzene rings is 1. The Kier molecular flexibility index (Phi) is 4.90. The summed E-state index contributed by atoms with van der Waals surface area (Å²) in [4.78, 5) is 14.1. The quantitative estimate of drug-likeness (QED) is 0.864. The molecular weight excluding hydrogens is 354 g/mol. The van der Waals surface area contributed by atoms with E-state index >= 15 is 0 Å². The zero-order valence-corrected chi connectivity index (χ0v) is 15.6. The Morgan fingerprint density at radius 3 is 2.50 bits per heavy atom. The van der Waals surface area contributed by atoms with E-state index in [0.29, 0.717) is 30.6 Å². The molecule has 1 aromatic carbocycles. The Hall–Kier alpha value is -1.64. The maximum absolute atomic E-state index is 13.0. The topological polar surface area (TPSA) is 79.0 Å². The van der Waals surface area contributed by atoms with Crippen molar-refractivity contribution in [3.63, 3.8) is 0 Å². The number of carbonyl (C=O) groups excluding carboxylic acids is 1. The van der Waals surface area contributed by atoms with Gasteiger partial charge in [-0.1, -0.05) is 19.3 Å². The highest BCUT2D eigenvalue weighted by atomic mass is 32.2. The second-order valence-corrected chi connectivity index (χ2v) is 9.16. The fraction of sp³-hybridized carbons (Fsp3) is 0.611. The number of carbonyl (C=O) groups is 1. The Morgan fingerprint density at radius 2 is 1.77 bits per heavy atom. The Morgan fingerprint density at radius 1 is 1.04 bits per heavy atom. The summed E-state index contributed by atoms with van der Waals surface area (Å²) in [5.41, 5.74) is 0.420. The van der Waals surface area contributed by atoms with Crippen LogP contribution in [0.4, 0.5) is 5.69 Å². The van der Waals surface area contributed by atoms with Crippen LogP contribution in [0.5, 0.6) is 5.75 Å². The molecule has 0 aromatic heterocycles. The van der Waals surface area contributed by atoms with Crippen LogP contribution < -0.4 is 10.1 Å². The van der Waals surface area contributed by atoms with Gasteiger partial charge in [0.2, 0.25) is 10.0 Å². The number of hydrogen-bond donors (Lipinski definition) is 1. The van der Waals surface area contributed by atoms with E-state index in [9.17, 15) is 13.2 Å². The first-order valence-electron chi connectivity index (χ1n) is 9.35. The van der Waals surface area contributed by atoms with Crippen molar-refractivity contribution in [1.82, 2.24) is 9.21 Å². The van der Waals surface area contributed by atoms with Crippen molar-refractivity contribution in [3.8, 4) is 5.75 Å². The summed E-state index contributed by atoms with van der Waals surface area (Å²) in [6.45, 7) is 2.56. The highest BCUT2D eigenvalue weighted by Gasteiger charge is 2.32. The van der Waals surface area contributed by atoms with E-state index in [1.165, 1.54) is 38.2 Å². The number of hydrogen-bond acceptors (Lipinski definition) is 5. The Bertz CT molecular complexity index is 782. The molecule has 1 aliphatic carbocycles. The maximum atomic E-state index is 13.0. The molecule has 4 rings (SSSR count). The first kappa shape index (κ1) is 17.8. The van der Waals surface area contributed by atoms with E-state index in [0.717, 1.165) is 13.1 Å². The molecule has 0 spiro atoms. The minimum atomic E-state index is -3.57. The zero-order chi connectivity index (χ0) is 18.1. The molecular formula is C18H25N3O4S. The summed E-state index contributed by atoms with van der Waals surface area (Å²) in [5.74, 6) is 0.235. The highest BCUT2D eigenvalue weighted by Crippen LogP contribution is 2.32. The van der Waals surface area contributed by atoms with Crippen molar-refractivity contribution in [2.24, 2.45) is 0 Å². The molecule has 1 amide bonds. The lowest BCUT2D eigenvalue weighted by molar-refractivity contribution is -0.118. The standard InChI is InChI=1S/C18H25N3O4S/c22-18-13-25-17-7-6-15(12-16(17)19-18)26(23,24)21-10-8-20(9-11-21)14-4-2-1-3-5-14/h6-7,12,14H,1-5,8-11,13H2,(H,19,22). The van der Waals surface area contributed by atoms with Crippen molar-refractivity contribution in [3.05, 3.63) is 18.2 Å². The molecule has 142 valence electrons. The van der Waals surface area contributed by atoms with Crippen LogP contribution in [0.25, 0.3) is 0 Å². The predicted molar refractivity (Wildman–Crippen MR) is 97.8 cm³/mol. The van der Waals surface area contributed by atoms with Gasteiger partial charge in [0.1, 0.15) is 5.75 Å². The Labute approximate surface area is 154 Å². The number of piperazine rings is 1. The van der Waals surface area contributed by atoms with Crippen LogP contribution in [-0.2, 0) is 14.8 Å². The molecule has 3 aliphatic rings. The SMILES string of the molecule is O=C1COc2ccc(S(=O)(=O)N3CCN(C4CCCCC4)CC3)cc2N1. The van der Waals surface area contributed by atoms with Gasteiger partial charge in [0.25, 0.3) is 5.91 Å². The average Bonchev–Trinajstić information content (AvgIpc) is 2.68. The molecule has 2 fully saturated rings. The van der Waals surface area contributed by atoms with Crippen molar-refractivity contribution in [2.45, 2.75) is 43.0 Å². The number of nitrogens with one attached hydrogen (secondary N) is 1. The number of fused-ring (bicyclic) bond motifs is 1. The van der Waals surface area contributed by atoms with Crippen molar-refractivity contribution in [2.75, 3.05) is 38.1 Å². The molecule has 2 aliphatic heterocycles. The lowest BCUT2D eigenvalue weighted by Crippen LogP contribution is -2.52. The zero-order valence-electron chi connectivity index (χ0n) is 14.8. The molecule has 1 N–H and O–H groups in total. The summed E-state index contributed by atoms with van der Waals surface area (Å²) in [6, 6.07) is 5.28.